The topological polar surface area (TPSA) is 90.7 Å². The molecule has 0 aliphatic carbocycles. The molecule has 1 aromatic carbocycles. The van der Waals surface area contributed by atoms with Crippen molar-refractivity contribution in [3.05, 3.63) is 65.0 Å². The summed E-state index contributed by atoms with van der Waals surface area (Å²) in [5.41, 5.74) is 5.31. The highest BCUT2D eigenvalue weighted by Gasteiger charge is 2.35. The number of carbonyl (C=O) groups excluding carboxylic acids is 3. The fraction of sp³-hybridized carbons (Fsp3) is 0.484. The molecule has 0 unspecified atom stereocenters. The first kappa shape index (κ1) is 28.6. The van der Waals surface area contributed by atoms with Crippen molar-refractivity contribution in [3.63, 3.8) is 0 Å². The molecule has 10 nitrogen and oxygen atoms in total. The number of imide groups is 1. The molecule has 10 heteroatoms. The lowest BCUT2D eigenvalue weighted by Gasteiger charge is -2.40. The Labute approximate surface area is 241 Å². The number of hydrogen-bond acceptors (Lipinski definition) is 6. The van der Waals surface area contributed by atoms with Gasteiger partial charge in [-0.15, -0.1) is 0 Å². The van der Waals surface area contributed by atoms with Crippen LogP contribution in [0.25, 0.3) is 5.52 Å². The van der Waals surface area contributed by atoms with Gasteiger partial charge in [-0.3, -0.25) is 19.5 Å². The molecular weight excluding hydrogens is 520 g/mol. The van der Waals surface area contributed by atoms with Crippen LogP contribution < -0.4 is 4.90 Å². The summed E-state index contributed by atoms with van der Waals surface area (Å²) in [6.45, 7) is 15.1. The molecule has 0 saturated carbocycles. The van der Waals surface area contributed by atoms with Crippen molar-refractivity contribution in [2.45, 2.75) is 72.7 Å². The number of rotatable bonds is 5. The maximum atomic E-state index is 13.6. The van der Waals surface area contributed by atoms with Crippen molar-refractivity contribution in [1.29, 1.82) is 0 Å². The molecule has 0 bridgehead atoms. The van der Waals surface area contributed by atoms with Crippen molar-refractivity contribution >= 4 is 29.2 Å². The number of amides is 4. The van der Waals surface area contributed by atoms with E-state index in [4.69, 9.17) is 4.74 Å². The zero-order chi connectivity index (χ0) is 29.5. The number of hydrogen-bond donors (Lipinski definition) is 0. The Hall–Kier alpha value is -3.92. The number of ether oxygens (including phenoxy) is 1. The van der Waals surface area contributed by atoms with E-state index < -0.39 is 5.60 Å². The van der Waals surface area contributed by atoms with Crippen molar-refractivity contribution < 1.29 is 19.1 Å². The number of benzene rings is 1. The summed E-state index contributed by atoms with van der Waals surface area (Å²) >= 11 is 0. The third-order valence-electron chi connectivity index (χ3n) is 7.83. The van der Waals surface area contributed by atoms with Crippen LogP contribution in [0.4, 0.5) is 15.3 Å². The fourth-order valence-corrected chi connectivity index (χ4v) is 5.50. The van der Waals surface area contributed by atoms with Crippen LogP contribution in [-0.2, 0) is 22.6 Å². The molecule has 2 aliphatic rings. The van der Waals surface area contributed by atoms with Gasteiger partial charge < -0.3 is 9.64 Å². The molecule has 3 aromatic rings. The summed E-state index contributed by atoms with van der Waals surface area (Å²) in [5.74, 6) is -0.165. The second-order valence-corrected chi connectivity index (χ2v) is 12.2. The van der Waals surface area contributed by atoms with Gasteiger partial charge in [-0.05, 0) is 75.9 Å². The van der Waals surface area contributed by atoms with Crippen LogP contribution in [0.5, 0.6) is 0 Å². The van der Waals surface area contributed by atoms with Crippen molar-refractivity contribution in [3.8, 4) is 0 Å². The second kappa shape index (κ2) is 11.2. The molecule has 1 atom stereocenters. The summed E-state index contributed by atoms with van der Waals surface area (Å²) in [7, 11) is 0. The van der Waals surface area contributed by atoms with Gasteiger partial charge >= 0.3 is 12.1 Å². The van der Waals surface area contributed by atoms with Gasteiger partial charge in [-0.1, -0.05) is 18.2 Å². The number of piperazine rings is 1. The second-order valence-electron chi connectivity index (χ2n) is 12.2. The standard InChI is InChI=1S/C31H40N6O4/c1-21-7-8-24(15-22(21)2)20-36-28(38)10-11-35(29(36)39)27-17-32-37-12-9-25(16-26(27)37)19-33-13-14-34(23(3)18-33)30(40)41-31(4,5)6/h7-9,12,15-17,23H,10-11,13-14,18-20H2,1-6H3/t23-/m0/s1. The number of anilines is 1. The molecule has 2 aliphatic heterocycles. The van der Waals surface area contributed by atoms with Gasteiger partial charge in [0, 0.05) is 51.4 Å². The van der Waals surface area contributed by atoms with E-state index in [0.29, 0.717) is 25.3 Å². The zero-order valence-corrected chi connectivity index (χ0v) is 24.9. The lowest BCUT2D eigenvalue weighted by atomic mass is 10.1. The number of aromatic nitrogens is 2. The molecule has 0 N–H and O–H groups in total. The monoisotopic (exact) mass is 560 g/mol. The van der Waals surface area contributed by atoms with E-state index in [1.54, 1.807) is 20.5 Å². The summed E-state index contributed by atoms with van der Waals surface area (Å²) in [5, 5.41) is 4.48. The number of fused-ring (bicyclic) bond motifs is 1. The van der Waals surface area contributed by atoms with Crippen LogP contribution in [-0.4, -0.2) is 80.2 Å². The van der Waals surface area contributed by atoms with Gasteiger partial charge in [0.1, 0.15) is 5.60 Å². The smallest absolute Gasteiger partial charge is 0.410 e. The maximum absolute atomic E-state index is 13.6. The molecular formula is C31H40N6O4. The molecule has 4 amide bonds. The minimum absolute atomic E-state index is 0.0275. The lowest BCUT2D eigenvalue weighted by Crippen LogP contribution is -2.54. The van der Waals surface area contributed by atoms with E-state index in [2.05, 4.69) is 16.1 Å². The Morgan fingerprint density at radius 1 is 1.00 bits per heavy atom. The molecule has 4 heterocycles. The van der Waals surface area contributed by atoms with E-state index in [0.717, 1.165) is 35.3 Å². The van der Waals surface area contributed by atoms with Crippen molar-refractivity contribution in [2.75, 3.05) is 31.1 Å². The van der Waals surface area contributed by atoms with Gasteiger partial charge in [0.2, 0.25) is 5.91 Å². The average molecular weight is 561 g/mol. The van der Waals surface area contributed by atoms with E-state index in [9.17, 15) is 14.4 Å². The van der Waals surface area contributed by atoms with Gasteiger partial charge in [0.15, 0.2) is 0 Å². The third-order valence-corrected chi connectivity index (χ3v) is 7.83. The Morgan fingerprint density at radius 3 is 2.46 bits per heavy atom. The van der Waals surface area contributed by atoms with Gasteiger partial charge in [0.05, 0.1) is 23.9 Å². The highest BCUT2D eigenvalue weighted by molar-refractivity contribution is 6.07. The fourth-order valence-electron chi connectivity index (χ4n) is 5.50. The highest BCUT2D eigenvalue weighted by Crippen LogP contribution is 2.28. The summed E-state index contributed by atoms with van der Waals surface area (Å²) < 4.78 is 7.34. The lowest BCUT2D eigenvalue weighted by molar-refractivity contribution is -0.129. The third kappa shape index (κ3) is 6.22. The van der Waals surface area contributed by atoms with Crippen LogP contribution in [0.2, 0.25) is 0 Å². The number of urea groups is 1. The molecule has 2 fully saturated rings. The first-order valence-corrected chi connectivity index (χ1v) is 14.3. The van der Waals surface area contributed by atoms with Crippen LogP contribution >= 0.6 is 0 Å². The molecule has 0 spiro atoms. The SMILES string of the molecule is Cc1ccc(CN2C(=O)CCN(c3cnn4ccc(CN5CCN(C(=O)OC(C)(C)C)[C@@H](C)C5)cc34)C2=O)cc1C. The minimum atomic E-state index is -0.522. The molecule has 2 aromatic heterocycles. The zero-order valence-electron chi connectivity index (χ0n) is 24.9. The van der Waals surface area contributed by atoms with Gasteiger partial charge in [-0.25, -0.2) is 14.1 Å². The summed E-state index contributed by atoms with van der Waals surface area (Å²) in [6.07, 6.45) is 3.59. The number of nitrogens with zero attached hydrogens (tertiary/aromatic N) is 6. The van der Waals surface area contributed by atoms with Gasteiger partial charge in [-0.2, -0.15) is 5.10 Å². The molecule has 41 heavy (non-hydrogen) atoms. The first-order valence-electron chi connectivity index (χ1n) is 14.3. The predicted molar refractivity (Wildman–Crippen MR) is 157 cm³/mol. The van der Waals surface area contributed by atoms with Crippen molar-refractivity contribution in [1.82, 2.24) is 24.3 Å². The predicted octanol–water partition coefficient (Wildman–Crippen LogP) is 4.75. The normalized spacial score (nSPS) is 18.9. The Balaban J connectivity index is 1.30. The summed E-state index contributed by atoms with van der Waals surface area (Å²) in [4.78, 5) is 46.1. The quantitative estimate of drug-likeness (QED) is 0.447. The van der Waals surface area contributed by atoms with E-state index in [1.165, 1.54) is 10.5 Å². The minimum Gasteiger partial charge on any atom is -0.444 e. The molecule has 218 valence electrons. The molecule has 2 saturated heterocycles. The Bertz CT molecular complexity index is 1480. The average Bonchev–Trinajstić information content (AvgIpc) is 3.30. The maximum Gasteiger partial charge on any atom is 0.410 e. The van der Waals surface area contributed by atoms with Crippen LogP contribution in [0.15, 0.2) is 42.7 Å². The number of carbonyl (C=O) groups is 3. The summed E-state index contributed by atoms with van der Waals surface area (Å²) in [6, 6.07) is 9.81. The highest BCUT2D eigenvalue weighted by atomic mass is 16.6. The first-order chi connectivity index (χ1) is 19.4. The number of aryl methyl sites for hydroxylation is 2. The van der Waals surface area contributed by atoms with Crippen LogP contribution in [0, 0.1) is 13.8 Å². The van der Waals surface area contributed by atoms with Gasteiger partial charge in [0.25, 0.3) is 0 Å². The van der Waals surface area contributed by atoms with E-state index >= 15 is 0 Å². The number of pyridine rings is 1. The largest absolute Gasteiger partial charge is 0.444 e. The van der Waals surface area contributed by atoms with Crippen LogP contribution in [0.1, 0.15) is 56.4 Å². The molecule has 0 radical (unpaired) electrons. The molecule has 5 rings (SSSR count). The Kier molecular flexibility index (Phi) is 7.78. The van der Waals surface area contributed by atoms with E-state index in [1.807, 2.05) is 72.0 Å². The van der Waals surface area contributed by atoms with E-state index in [-0.39, 0.29) is 37.0 Å². The van der Waals surface area contributed by atoms with Crippen molar-refractivity contribution in [2.24, 2.45) is 0 Å². The Morgan fingerprint density at radius 2 is 1.76 bits per heavy atom. The van der Waals surface area contributed by atoms with Crippen LogP contribution in [0.3, 0.4) is 0 Å².